The maximum Gasteiger partial charge on any atom is 0.0692 e. The molecule has 0 amide bonds. The third-order valence-corrected chi connectivity index (χ3v) is 3.59. The third-order valence-electron chi connectivity index (χ3n) is 3.59. The van der Waals surface area contributed by atoms with Crippen LogP contribution >= 0.6 is 0 Å². The molecule has 3 rings (SSSR count). The minimum absolute atomic E-state index is 0.600. The van der Waals surface area contributed by atoms with Crippen molar-refractivity contribution in [3.05, 3.63) is 47.8 Å². The summed E-state index contributed by atoms with van der Waals surface area (Å²) in [6, 6.07) is 9.37. The van der Waals surface area contributed by atoms with Gasteiger partial charge >= 0.3 is 0 Å². The van der Waals surface area contributed by atoms with E-state index >= 15 is 0 Å². The summed E-state index contributed by atoms with van der Waals surface area (Å²) in [5, 5.41) is 11.4. The van der Waals surface area contributed by atoms with Crippen LogP contribution in [0.25, 0.3) is 0 Å². The Hall–Kier alpha value is -1.68. The Kier molecular flexibility index (Phi) is 3.37. The van der Waals surface area contributed by atoms with E-state index in [1.807, 2.05) is 10.9 Å². The average Bonchev–Trinajstić information content (AvgIpc) is 2.92. The Balaban J connectivity index is 1.51. The van der Waals surface area contributed by atoms with Gasteiger partial charge in [-0.2, -0.15) is 0 Å². The molecular weight excluding hydrogens is 224 g/mol. The van der Waals surface area contributed by atoms with Crippen LogP contribution in [0, 0.1) is 0 Å². The van der Waals surface area contributed by atoms with Gasteiger partial charge in [0, 0.05) is 18.8 Å². The molecule has 1 atom stereocenters. The van der Waals surface area contributed by atoms with Crippen LogP contribution in [0.2, 0.25) is 0 Å². The van der Waals surface area contributed by atoms with Gasteiger partial charge in [-0.1, -0.05) is 29.5 Å². The number of aromatic nitrogens is 3. The fourth-order valence-electron chi connectivity index (χ4n) is 2.61. The number of benzene rings is 1. The summed E-state index contributed by atoms with van der Waals surface area (Å²) in [5.41, 5.74) is 3.02. The van der Waals surface area contributed by atoms with Crippen molar-refractivity contribution in [1.29, 1.82) is 0 Å². The lowest BCUT2D eigenvalue weighted by atomic mass is 9.88. The number of aryl methyl sites for hydroxylation is 1. The van der Waals surface area contributed by atoms with Crippen molar-refractivity contribution >= 4 is 0 Å². The predicted molar refractivity (Wildman–Crippen MR) is 70.3 cm³/mol. The zero-order valence-corrected chi connectivity index (χ0v) is 10.4. The van der Waals surface area contributed by atoms with Crippen molar-refractivity contribution in [3.8, 4) is 0 Å². The van der Waals surface area contributed by atoms with Crippen molar-refractivity contribution in [2.75, 3.05) is 6.54 Å². The van der Waals surface area contributed by atoms with Crippen molar-refractivity contribution < 1.29 is 0 Å². The Morgan fingerprint density at radius 3 is 3.00 bits per heavy atom. The first-order chi connectivity index (χ1) is 8.92. The lowest BCUT2D eigenvalue weighted by Crippen LogP contribution is -2.36. The highest BCUT2D eigenvalue weighted by Crippen LogP contribution is 2.20. The smallest absolute Gasteiger partial charge is 0.0692 e. The molecule has 18 heavy (non-hydrogen) atoms. The summed E-state index contributed by atoms with van der Waals surface area (Å²) >= 11 is 0. The molecule has 4 heteroatoms. The second-order valence-corrected chi connectivity index (χ2v) is 4.83. The second kappa shape index (κ2) is 5.31. The Bertz CT molecular complexity index is 492. The molecule has 0 bridgehead atoms. The molecule has 1 aliphatic rings. The van der Waals surface area contributed by atoms with Gasteiger partial charge in [-0.05, 0) is 30.4 Å². The topological polar surface area (TPSA) is 42.7 Å². The third kappa shape index (κ3) is 2.59. The Labute approximate surface area is 107 Å². The van der Waals surface area contributed by atoms with E-state index in [4.69, 9.17) is 0 Å². The standard InChI is InChI=1S/C14H18N4/c1-2-4-13-11-14(6-5-12(13)3-1)15-7-9-18-10-8-16-17-18/h1-4,8,10,14-15H,5-7,9,11H2. The van der Waals surface area contributed by atoms with Gasteiger partial charge in [-0.25, -0.2) is 0 Å². The molecule has 0 spiro atoms. The monoisotopic (exact) mass is 242 g/mol. The van der Waals surface area contributed by atoms with E-state index in [0.717, 1.165) is 19.5 Å². The highest BCUT2D eigenvalue weighted by molar-refractivity contribution is 5.30. The lowest BCUT2D eigenvalue weighted by Gasteiger charge is -2.25. The van der Waals surface area contributed by atoms with Crippen molar-refractivity contribution in [2.24, 2.45) is 0 Å². The fourth-order valence-corrected chi connectivity index (χ4v) is 2.61. The molecule has 4 nitrogen and oxygen atoms in total. The molecule has 0 saturated heterocycles. The maximum atomic E-state index is 3.96. The summed E-state index contributed by atoms with van der Waals surface area (Å²) in [6.07, 6.45) is 7.19. The summed E-state index contributed by atoms with van der Waals surface area (Å²) in [7, 11) is 0. The zero-order chi connectivity index (χ0) is 12.2. The number of rotatable bonds is 4. The van der Waals surface area contributed by atoms with E-state index in [1.165, 1.54) is 24.0 Å². The van der Waals surface area contributed by atoms with Crippen LogP contribution in [0.3, 0.4) is 0 Å². The second-order valence-electron chi connectivity index (χ2n) is 4.83. The Morgan fingerprint density at radius 2 is 2.17 bits per heavy atom. The van der Waals surface area contributed by atoms with Gasteiger partial charge in [-0.15, -0.1) is 5.10 Å². The van der Waals surface area contributed by atoms with Gasteiger partial charge in [0.1, 0.15) is 0 Å². The minimum atomic E-state index is 0.600. The normalized spacial score (nSPS) is 18.6. The quantitative estimate of drug-likeness (QED) is 0.882. The molecule has 1 heterocycles. The molecule has 1 aromatic carbocycles. The van der Waals surface area contributed by atoms with Crippen molar-refractivity contribution in [2.45, 2.75) is 31.8 Å². The largest absolute Gasteiger partial charge is 0.312 e. The van der Waals surface area contributed by atoms with E-state index in [2.05, 4.69) is 39.9 Å². The van der Waals surface area contributed by atoms with Crippen LogP contribution in [0.5, 0.6) is 0 Å². The molecule has 1 aliphatic carbocycles. The van der Waals surface area contributed by atoms with E-state index in [9.17, 15) is 0 Å². The van der Waals surface area contributed by atoms with Crippen LogP contribution in [0.1, 0.15) is 17.5 Å². The minimum Gasteiger partial charge on any atom is -0.312 e. The van der Waals surface area contributed by atoms with Gasteiger partial charge in [0.05, 0.1) is 12.7 Å². The predicted octanol–water partition coefficient (Wildman–Crippen LogP) is 1.43. The zero-order valence-electron chi connectivity index (χ0n) is 10.4. The fraction of sp³-hybridized carbons (Fsp3) is 0.429. The number of fused-ring (bicyclic) bond motifs is 1. The van der Waals surface area contributed by atoms with Crippen molar-refractivity contribution in [1.82, 2.24) is 20.3 Å². The molecule has 1 unspecified atom stereocenters. The number of nitrogens with zero attached hydrogens (tertiary/aromatic N) is 3. The Morgan fingerprint density at radius 1 is 1.28 bits per heavy atom. The van der Waals surface area contributed by atoms with E-state index < -0.39 is 0 Å². The molecule has 1 N–H and O–H groups in total. The SMILES string of the molecule is c1ccc2c(c1)CCC(NCCn1ccnn1)C2. The van der Waals surface area contributed by atoms with Crippen molar-refractivity contribution in [3.63, 3.8) is 0 Å². The number of hydrogen-bond acceptors (Lipinski definition) is 3. The lowest BCUT2D eigenvalue weighted by molar-refractivity contribution is 0.433. The van der Waals surface area contributed by atoms with Crippen LogP contribution in [-0.2, 0) is 19.4 Å². The van der Waals surface area contributed by atoms with Gasteiger partial charge < -0.3 is 5.32 Å². The summed E-state index contributed by atoms with van der Waals surface area (Å²) < 4.78 is 1.86. The molecule has 0 radical (unpaired) electrons. The first-order valence-corrected chi connectivity index (χ1v) is 6.56. The molecule has 0 aliphatic heterocycles. The first kappa shape index (κ1) is 11.4. The van der Waals surface area contributed by atoms with Gasteiger partial charge in [-0.3, -0.25) is 4.68 Å². The molecule has 94 valence electrons. The average molecular weight is 242 g/mol. The molecule has 2 aromatic rings. The van der Waals surface area contributed by atoms with E-state index in [0.29, 0.717) is 6.04 Å². The highest BCUT2D eigenvalue weighted by atomic mass is 15.4. The summed E-state index contributed by atoms with van der Waals surface area (Å²) in [4.78, 5) is 0. The molecule has 0 saturated carbocycles. The maximum absolute atomic E-state index is 3.96. The van der Waals surface area contributed by atoms with Crippen LogP contribution < -0.4 is 5.32 Å². The molecule has 1 aromatic heterocycles. The van der Waals surface area contributed by atoms with Crippen LogP contribution in [0.4, 0.5) is 0 Å². The first-order valence-electron chi connectivity index (χ1n) is 6.56. The number of hydrogen-bond donors (Lipinski definition) is 1. The van der Waals surface area contributed by atoms with Gasteiger partial charge in [0.25, 0.3) is 0 Å². The van der Waals surface area contributed by atoms with E-state index in [-0.39, 0.29) is 0 Å². The molecule has 0 fully saturated rings. The van der Waals surface area contributed by atoms with Crippen LogP contribution in [-0.4, -0.2) is 27.6 Å². The van der Waals surface area contributed by atoms with E-state index in [1.54, 1.807) is 6.20 Å². The van der Waals surface area contributed by atoms with Gasteiger partial charge in [0.15, 0.2) is 0 Å². The van der Waals surface area contributed by atoms with Gasteiger partial charge in [0.2, 0.25) is 0 Å². The van der Waals surface area contributed by atoms with Crippen LogP contribution in [0.15, 0.2) is 36.7 Å². The highest BCUT2D eigenvalue weighted by Gasteiger charge is 2.17. The number of nitrogens with one attached hydrogen (secondary N) is 1. The summed E-state index contributed by atoms with van der Waals surface area (Å²) in [6.45, 7) is 1.84. The summed E-state index contributed by atoms with van der Waals surface area (Å²) in [5.74, 6) is 0. The molecular formula is C14H18N4.